The van der Waals surface area contributed by atoms with Crippen LogP contribution in [0.3, 0.4) is 0 Å². The van der Waals surface area contributed by atoms with Gasteiger partial charge in [-0.1, -0.05) is 12.1 Å². The predicted octanol–water partition coefficient (Wildman–Crippen LogP) is 3.21. The molecular formula is C18H18F3N5O2. The molecule has 0 spiro atoms. The molecule has 0 unspecified atom stereocenters. The summed E-state index contributed by atoms with van der Waals surface area (Å²) in [5.41, 5.74) is 1.50. The monoisotopic (exact) mass is 393 g/mol. The van der Waals surface area contributed by atoms with Gasteiger partial charge in [0.1, 0.15) is 18.8 Å². The number of benzene rings is 1. The second kappa shape index (κ2) is 7.45. The fourth-order valence-electron chi connectivity index (χ4n) is 2.91. The highest BCUT2D eigenvalue weighted by Crippen LogP contribution is 2.24. The molecule has 0 fully saturated rings. The number of hydrogen-bond acceptors (Lipinski definition) is 5. The number of rotatable bonds is 6. The minimum atomic E-state index is -4.37. The van der Waals surface area contributed by atoms with Crippen LogP contribution in [0.4, 0.5) is 13.2 Å². The van der Waals surface area contributed by atoms with Gasteiger partial charge in [-0.15, -0.1) is 10.2 Å². The van der Waals surface area contributed by atoms with Gasteiger partial charge in [0, 0.05) is 22.5 Å². The number of hydrogen-bond donors (Lipinski definition) is 0. The highest BCUT2D eigenvalue weighted by Gasteiger charge is 2.30. The third-order valence-electron chi connectivity index (χ3n) is 4.28. The van der Waals surface area contributed by atoms with Crippen LogP contribution in [0.5, 0.6) is 5.75 Å². The molecule has 0 saturated carbocycles. The van der Waals surface area contributed by atoms with Crippen molar-refractivity contribution in [2.24, 2.45) is 0 Å². The number of Topliss-reactive ketones (excluding diaryl/α,β-unsaturated/α-hetero) is 1. The lowest BCUT2D eigenvalue weighted by atomic mass is 10.1. The summed E-state index contributed by atoms with van der Waals surface area (Å²) in [6.45, 7) is 1.65. The molecule has 148 valence electrons. The van der Waals surface area contributed by atoms with Gasteiger partial charge in [-0.3, -0.25) is 4.79 Å². The summed E-state index contributed by atoms with van der Waals surface area (Å²) in [7, 11) is 1.54. The Kier molecular flexibility index (Phi) is 5.21. The molecule has 0 aliphatic carbocycles. The number of ketones is 1. The van der Waals surface area contributed by atoms with Crippen LogP contribution in [-0.2, 0) is 13.1 Å². The molecule has 0 aliphatic heterocycles. The summed E-state index contributed by atoms with van der Waals surface area (Å²) in [5, 5.41) is 12.0. The lowest BCUT2D eigenvalue weighted by molar-refractivity contribution is -0.141. The van der Waals surface area contributed by atoms with Gasteiger partial charge in [-0.2, -0.15) is 18.0 Å². The van der Waals surface area contributed by atoms with E-state index in [0.717, 1.165) is 9.36 Å². The van der Waals surface area contributed by atoms with E-state index in [1.54, 1.807) is 24.3 Å². The minimum Gasteiger partial charge on any atom is -0.497 e. The molecule has 0 radical (unpaired) electrons. The molecule has 0 bridgehead atoms. The van der Waals surface area contributed by atoms with E-state index in [2.05, 4.69) is 15.4 Å². The molecular weight excluding hydrogens is 375 g/mol. The molecule has 1 aromatic carbocycles. The largest absolute Gasteiger partial charge is 0.497 e. The first-order valence-electron chi connectivity index (χ1n) is 8.37. The van der Waals surface area contributed by atoms with Gasteiger partial charge in [0.05, 0.1) is 7.11 Å². The SMILES string of the molecule is COc1cccc(-c2nnn(CC(=O)c3cc(C)n(CC(F)(F)F)c3C)n2)c1. The van der Waals surface area contributed by atoms with Gasteiger partial charge in [0.25, 0.3) is 0 Å². The van der Waals surface area contributed by atoms with Crippen LogP contribution in [0.1, 0.15) is 21.7 Å². The zero-order valence-corrected chi connectivity index (χ0v) is 15.5. The normalized spacial score (nSPS) is 11.6. The van der Waals surface area contributed by atoms with Crippen LogP contribution in [0.2, 0.25) is 0 Å². The quantitative estimate of drug-likeness (QED) is 0.601. The van der Waals surface area contributed by atoms with E-state index in [1.807, 2.05) is 0 Å². The fraction of sp³-hybridized carbons (Fsp3) is 0.333. The Morgan fingerprint density at radius 1 is 1.21 bits per heavy atom. The third kappa shape index (κ3) is 4.21. The van der Waals surface area contributed by atoms with E-state index < -0.39 is 18.5 Å². The average Bonchev–Trinajstić information content (AvgIpc) is 3.20. The van der Waals surface area contributed by atoms with Crippen LogP contribution in [-0.4, -0.2) is 43.8 Å². The van der Waals surface area contributed by atoms with Crippen LogP contribution in [0.25, 0.3) is 11.4 Å². The predicted molar refractivity (Wildman–Crippen MR) is 94.1 cm³/mol. The maximum absolute atomic E-state index is 12.7. The van der Waals surface area contributed by atoms with Crippen molar-refractivity contribution in [2.75, 3.05) is 7.11 Å². The van der Waals surface area contributed by atoms with E-state index in [4.69, 9.17) is 4.74 Å². The lowest BCUT2D eigenvalue weighted by Gasteiger charge is -2.12. The van der Waals surface area contributed by atoms with Crippen molar-refractivity contribution in [2.45, 2.75) is 33.1 Å². The van der Waals surface area contributed by atoms with Crippen molar-refractivity contribution < 1.29 is 22.7 Å². The maximum atomic E-state index is 12.7. The molecule has 3 aromatic rings. The molecule has 28 heavy (non-hydrogen) atoms. The second-order valence-electron chi connectivity index (χ2n) is 6.28. The van der Waals surface area contributed by atoms with E-state index >= 15 is 0 Å². The van der Waals surface area contributed by atoms with Gasteiger partial charge in [0.2, 0.25) is 5.82 Å². The highest BCUT2D eigenvalue weighted by molar-refractivity contribution is 5.97. The zero-order valence-electron chi connectivity index (χ0n) is 15.5. The van der Waals surface area contributed by atoms with E-state index in [0.29, 0.717) is 22.8 Å². The minimum absolute atomic E-state index is 0.210. The van der Waals surface area contributed by atoms with E-state index in [1.165, 1.54) is 27.0 Å². The summed E-state index contributed by atoms with van der Waals surface area (Å²) in [5.74, 6) is 0.549. The van der Waals surface area contributed by atoms with Crippen molar-refractivity contribution in [3.8, 4) is 17.1 Å². The summed E-state index contributed by atoms with van der Waals surface area (Å²) in [6, 6.07) is 8.50. The number of alkyl halides is 3. The number of aryl methyl sites for hydroxylation is 1. The van der Waals surface area contributed by atoms with Crippen molar-refractivity contribution in [1.82, 2.24) is 24.8 Å². The van der Waals surface area contributed by atoms with Crippen molar-refractivity contribution in [1.29, 1.82) is 0 Å². The summed E-state index contributed by atoms with van der Waals surface area (Å²) >= 11 is 0. The molecule has 0 atom stereocenters. The van der Waals surface area contributed by atoms with Gasteiger partial charge in [-0.25, -0.2) is 0 Å². The average molecular weight is 393 g/mol. The molecule has 0 N–H and O–H groups in total. The van der Waals surface area contributed by atoms with Crippen molar-refractivity contribution in [3.63, 3.8) is 0 Å². The Balaban J connectivity index is 1.79. The Hall–Kier alpha value is -3.17. The van der Waals surface area contributed by atoms with Gasteiger partial charge < -0.3 is 9.30 Å². The van der Waals surface area contributed by atoms with Gasteiger partial charge in [0.15, 0.2) is 5.78 Å². The number of methoxy groups -OCH3 is 1. The number of aromatic nitrogens is 5. The molecule has 0 aliphatic rings. The molecule has 2 heterocycles. The Labute approximate surface area is 158 Å². The topological polar surface area (TPSA) is 74.8 Å². The Morgan fingerprint density at radius 3 is 2.64 bits per heavy atom. The summed E-state index contributed by atoms with van der Waals surface area (Å²) in [6.07, 6.45) is -4.37. The number of carbonyl (C=O) groups excluding carboxylic acids is 1. The first-order chi connectivity index (χ1) is 13.2. The molecule has 10 heteroatoms. The third-order valence-corrected chi connectivity index (χ3v) is 4.28. The number of tetrazole rings is 1. The van der Waals surface area contributed by atoms with Crippen molar-refractivity contribution >= 4 is 5.78 Å². The maximum Gasteiger partial charge on any atom is 0.406 e. The molecule has 0 saturated heterocycles. The lowest BCUT2D eigenvalue weighted by Crippen LogP contribution is -2.20. The second-order valence-corrected chi connectivity index (χ2v) is 6.28. The standard InChI is InChI=1S/C18H18F3N5O2/c1-11-7-15(12(2)25(11)10-18(19,20)21)16(27)9-26-23-17(22-24-26)13-5-4-6-14(8-13)28-3/h4-8H,9-10H2,1-3H3. The smallest absolute Gasteiger partial charge is 0.406 e. The first kappa shape index (κ1) is 19.6. The number of halogens is 3. The van der Waals surface area contributed by atoms with Crippen molar-refractivity contribution in [3.05, 3.63) is 47.3 Å². The number of nitrogens with zero attached hydrogens (tertiary/aromatic N) is 5. The van der Waals surface area contributed by atoms with Crippen LogP contribution in [0.15, 0.2) is 30.3 Å². The van der Waals surface area contributed by atoms with E-state index in [9.17, 15) is 18.0 Å². The molecule has 3 rings (SSSR count). The van der Waals surface area contributed by atoms with Gasteiger partial charge in [-0.05, 0) is 37.3 Å². The van der Waals surface area contributed by atoms with E-state index in [-0.39, 0.29) is 17.8 Å². The summed E-state index contributed by atoms with van der Waals surface area (Å²) < 4.78 is 44.4. The Bertz CT molecular complexity index is 1010. The number of carbonyl (C=O) groups is 1. The zero-order chi connectivity index (χ0) is 20.5. The van der Waals surface area contributed by atoms with Crippen LogP contribution >= 0.6 is 0 Å². The molecule has 7 nitrogen and oxygen atoms in total. The summed E-state index contributed by atoms with van der Waals surface area (Å²) in [4.78, 5) is 13.7. The van der Waals surface area contributed by atoms with Gasteiger partial charge >= 0.3 is 6.18 Å². The fourth-order valence-corrected chi connectivity index (χ4v) is 2.91. The molecule has 0 amide bonds. The number of ether oxygens (including phenoxy) is 1. The molecule has 2 aromatic heterocycles. The van der Waals surface area contributed by atoms with Crippen LogP contribution in [0, 0.1) is 13.8 Å². The first-order valence-corrected chi connectivity index (χ1v) is 8.37. The highest BCUT2D eigenvalue weighted by atomic mass is 19.4. The Morgan fingerprint density at radius 2 is 1.96 bits per heavy atom. The van der Waals surface area contributed by atoms with Crippen LogP contribution < -0.4 is 4.74 Å².